The summed E-state index contributed by atoms with van der Waals surface area (Å²) in [6, 6.07) is 8.05. The fourth-order valence-electron chi connectivity index (χ4n) is 1.72. The third kappa shape index (κ3) is 2.58. The SMILES string of the molecule is CC(C)(C)c1ccccc1C(C)(N)CO. The number of hydrogen-bond acceptors (Lipinski definition) is 2. The van der Waals surface area contributed by atoms with Gasteiger partial charge in [-0.2, -0.15) is 0 Å². The molecule has 0 fully saturated rings. The van der Waals surface area contributed by atoms with Crippen molar-refractivity contribution in [3.63, 3.8) is 0 Å². The third-order valence-electron chi connectivity index (χ3n) is 2.68. The number of nitrogens with two attached hydrogens (primary N) is 1. The minimum atomic E-state index is -0.663. The molecule has 2 heteroatoms. The van der Waals surface area contributed by atoms with E-state index in [1.165, 1.54) is 5.56 Å². The van der Waals surface area contributed by atoms with Gasteiger partial charge in [-0.25, -0.2) is 0 Å². The summed E-state index contributed by atoms with van der Waals surface area (Å²) >= 11 is 0. The molecular weight excluding hydrogens is 186 g/mol. The molecule has 1 rings (SSSR count). The molecule has 0 amide bonds. The van der Waals surface area contributed by atoms with Crippen LogP contribution in [0.25, 0.3) is 0 Å². The predicted molar refractivity (Wildman–Crippen MR) is 63.8 cm³/mol. The number of rotatable bonds is 2. The maximum atomic E-state index is 9.31. The van der Waals surface area contributed by atoms with E-state index in [0.717, 1.165) is 5.56 Å². The van der Waals surface area contributed by atoms with Crippen LogP contribution in [-0.4, -0.2) is 11.7 Å². The van der Waals surface area contributed by atoms with Crippen LogP contribution in [0, 0.1) is 0 Å². The van der Waals surface area contributed by atoms with Gasteiger partial charge in [-0.05, 0) is 23.5 Å². The molecule has 1 aromatic carbocycles. The van der Waals surface area contributed by atoms with Crippen molar-refractivity contribution in [2.45, 2.75) is 38.6 Å². The quantitative estimate of drug-likeness (QED) is 0.780. The van der Waals surface area contributed by atoms with Gasteiger partial charge in [0.05, 0.1) is 12.1 Å². The summed E-state index contributed by atoms with van der Waals surface area (Å²) in [5, 5.41) is 9.31. The van der Waals surface area contributed by atoms with Gasteiger partial charge in [0.1, 0.15) is 0 Å². The van der Waals surface area contributed by atoms with E-state index in [-0.39, 0.29) is 12.0 Å². The average Bonchev–Trinajstić information content (AvgIpc) is 2.16. The minimum Gasteiger partial charge on any atom is -0.394 e. The molecule has 15 heavy (non-hydrogen) atoms. The van der Waals surface area contributed by atoms with Crippen molar-refractivity contribution in [2.75, 3.05) is 6.61 Å². The standard InChI is InChI=1S/C13H21NO/c1-12(2,3)10-7-5-6-8-11(10)13(4,14)9-15/h5-8,15H,9,14H2,1-4H3. The lowest BCUT2D eigenvalue weighted by Gasteiger charge is -2.31. The van der Waals surface area contributed by atoms with E-state index >= 15 is 0 Å². The lowest BCUT2D eigenvalue weighted by Crippen LogP contribution is -2.39. The molecule has 0 spiro atoms. The van der Waals surface area contributed by atoms with Crippen molar-refractivity contribution in [1.82, 2.24) is 0 Å². The van der Waals surface area contributed by atoms with E-state index in [9.17, 15) is 5.11 Å². The lowest BCUT2D eigenvalue weighted by atomic mass is 9.78. The summed E-state index contributed by atoms with van der Waals surface area (Å²) < 4.78 is 0. The molecule has 0 aliphatic heterocycles. The van der Waals surface area contributed by atoms with E-state index in [0.29, 0.717) is 0 Å². The Balaban J connectivity index is 3.31. The highest BCUT2D eigenvalue weighted by Gasteiger charge is 2.27. The van der Waals surface area contributed by atoms with Gasteiger partial charge >= 0.3 is 0 Å². The van der Waals surface area contributed by atoms with Crippen molar-refractivity contribution in [1.29, 1.82) is 0 Å². The Labute approximate surface area is 92.1 Å². The van der Waals surface area contributed by atoms with Crippen molar-refractivity contribution < 1.29 is 5.11 Å². The monoisotopic (exact) mass is 207 g/mol. The maximum Gasteiger partial charge on any atom is 0.0650 e. The molecule has 84 valence electrons. The second-order valence-electron chi connectivity index (χ2n) is 5.37. The van der Waals surface area contributed by atoms with Crippen LogP contribution < -0.4 is 5.73 Å². The van der Waals surface area contributed by atoms with Gasteiger partial charge in [-0.15, -0.1) is 0 Å². The van der Waals surface area contributed by atoms with Gasteiger partial charge in [0.2, 0.25) is 0 Å². The fourth-order valence-corrected chi connectivity index (χ4v) is 1.72. The van der Waals surface area contributed by atoms with E-state index in [1.54, 1.807) is 0 Å². The highest BCUT2D eigenvalue weighted by Crippen LogP contribution is 2.31. The average molecular weight is 207 g/mol. The van der Waals surface area contributed by atoms with Gasteiger partial charge < -0.3 is 10.8 Å². The molecule has 3 N–H and O–H groups in total. The third-order valence-corrected chi connectivity index (χ3v) is 2.68. The van der Waals surface area contributed by atoms with Crippen LogP contribution in [0.2, 0.25) is 0 Å². The summed E-state index contributed by atoms with van der Waals surface area (Å²) in [6.45, 7) is 8.27. The number of benzene rings is 1. The minimum absolute atomic E-state index is 0.0416. The first kappa shape index (κ1) is 12.2. The van der Waals surface area contributed by atoms with E-state index in [2.05, 4.69) is 26.8 Å². The molecular formula is C13H21NO. The van der Waals surface area contributed by atoms with E-state index in [4.69, 9.17) is 5.73 Å². The van der Waals surface area contributed by atoms with Crippen LogP contribution in [-0.2, 0) is 11.0 Å². The second kappa shape index (κ2) is 3.95. The van der Waals surface area contributed by atoms with Crippen LogP contribution in [0.15, 0.2) is 24.3 Å². The Morgan fingerprint density at radius 1 is 1.07 bits per heavy atom. The predicted octanol–water partition coefficient (Wildman–Crippen LogP) is 2.15. The summed E-state index contributed by atoms with van der Waals surface area (Å²) in [7, 11) is 0. The van der Waals surface area contributed by atoms with Gasteiger partial charge in [-0.1, -0.05) is 45.0 Å². The first-order valence-electron chi connectivity index (χ1n) is 5.29. The molecule has 0 saturated heterocycles. The van der Waals surface area contributed by atoms with Crippen LogP contribution in [0.3, 0.4) is 0 Å². The topological polar surface area (TPSA) is 46.2 Å². The zero-order chi connectivity index (χ0) is 11.7. The molecule has 0 aromatic heterocycles. The van der Waals surface area contributed by atoms with Crippen LogP contribution in [0.4, 0.5) is 0 Å². The van der Waals surface area contributed by atoms with Crippen molar-refractivity contribution in [3.8, 4) is 0 Å². The van der Waals surface area contributed by atoms with E-state index in [1.807, 2.05) is 25.1 Å². The van der Waals surface area contributed by atoms with Gasteiger partial charge in [-0.3, -0.25) is 0 Å². The van der Waals surface area contributed by atoms with E-state index < -0.39 is 5.54 Å². The number of aliphatic hydroxyl groups is 1. The molecule has 0 radical (unpaired) electrons. The highest BCUT2D eigenvalue weighted by molar-refractivity contribution is 5.37. The summed E-state index contributed by atoms with van der Waals surface area (Å²) in [5.41, 5.74) is 7.70. The molecule has 0 saturated carbocycles. The molecule has 1 unspecified atom stereocenters. The Bertz CT molecular complexity index is 337. The zero-order valence-corrected chi connectivity index (χ0v) is 10.0. The Kier molecular flexibility index (Phi) is 3.22. The van der Waals surface area contributed by atoms with Gasteiger partial charge in [0.15, 0.2) is 0 Å². The largest absolute Gasteiger partial charge is 0.394 e. The summed E-state index contributed by atoms with van der Waals surface area (Å²) in [5.74, 6) is 0. The first-order chi connectivity index (χ1) is 6.79. The van der Waals surface area contributed by atoms with Gasteiger partial charge in [0.25, 0.3) is 0 Å². The van der Waals surface area contributed by atoms with Gasteiger partial charge in [0, 0.05) is 0 Å². The van der Waals surface area contributed by atoms with Crippen molar-refractivity contribution >= 4 is 0 Å². The molecule has 0 bridgehead atoms. The molecule has 1 aromatic rings. The van der Waals surface area contributed by atoms with Crippen LogP contribution in [0.1, 0.15) is 38.8 Å². The lowest BCUT2D eigenvalue weighted by molar-refractivity contribution is 0.208. The van der Waals surface area contributed by atoms with Crippen LogP contribution >= 0.6 is 0 Å². The smallest absolute Gasteiger partial charge is 0.0650 e. The second-order valence-corrected chi connectivity index (χ2v) is 5.37. The Hall–Kier alpha value is -0.860. The number of aliphatic hydroxyl groups excluding tert-OH is 1. The van der Waals surface area contributed by atoms with Crippen LogP contribution in [0.5, 0.6) is 0 Å². The zero-order valence-electron chi connectivity index (χ0n) is 10.0. The number of hydrogen-bond donors (Lipinski definition) is 2. The maximum absolute atomic E-state index is 9.31. The molecule has 0 heterocycles. The van der Waals surface area contributed by atoms with Crippen molar-refractivity contribution in [3.05, 3.63) is 35.4 Å². The molecule has 0 aliphatic rings. The highest BCUT2D eigenvalue weighted by atomic mass is 16.3. The molecule has 1 atom stereocenters. The molecule has 2 nitrogen and oxygen atoms in total. The summed E-state index contributed by atoms with van der Waals surface area (Å²) in [6.07, 6.45) is 0. The summed E-state index contributed by atoms with van der Waals surface area (Å²) in [4.78, 5) is 0. The fraction of sp³-hybridized carbons (Fsp3) is 0.538. The first-order valence-corrected chi connectivity index (χ1v) is 5.29. The Morgan fingerprint density at radius 3 is 1.93 bits per heavy atom. The Morgan fingerprint density at radius 2 is 1.53 bits per heavy atom. The normalized spacial score (nSPS) is 16.1. The molecule has 0 aliphatic carbocycles. The van der Waals surface area contributed by atoms with Crippen molar-refractivity contribution in [2.24, 2.45) is 5.73 Å².